The van der Waals surface area contributed by atoms with Gasteiger partial charge in [0.1, 0.15) is 23.7 Å². The molecule has 1 aliphatic rings. The standard InChI is InChI=1S/C33H37ClFN5O3/c1-21(27-19-36-29-7-5-4-6-26(27)29)31(32(41)37-30-18-22(20-39(2)3)8-13-28(30)34)38-33(42)40-16-14-25(15-17-40)43-24-11-9-23(35)10-12-24/h4-13,18-19,21,25,31,36H,14-17,20H2,1-3H3,(H,37,41)(H,38,42)/t21-,31-/m1/s1. The molecule has 1 aromatic heterocycles. The Bertz CT molecular complexity index is 1570. The number of rotatable bonds is 9. The molecule has 8 nitrogen and oxygen atoms in total. The molecule has 4 aromatic rings. The molecule has 0 aliphatic carbocycles. The quantitative estimate of drug-likeness (QED) is 0.206. The summed E-state index contributed by atoms with van der Waals surface area (Å²) in [7, 11) is 3.94. The van der Waals surface area contributed by atoms with E-state index >= 15 is 0 Å². The summed E-state index contributed by atoms with van der Waals surface area (Å²) in [5.74, 6) is -0.433. The number of aromatic nitrogens is 1. The van der Waals surface area contributed by atoms with Gasteiger partial charge in [0.2, 0.25) is 5.91 Å². The van der Waals surface area contributed by atoms with E-state index in [9.17, 15) is 14.0 Å². The molecule has 5 rings (SSSR count). The first-order valence-electron chi connectivity index (χ1n) is 14.5. The third-order valence-electron chi connectivity index (χ3n) is 7.81. The Kier molecular flexibility index (Phi) is 9.52. The van der Waals surface area contributed by atoms with Gasteiger partial charge in [0.05, 0.1) is 10.7 Å². The van der Waals surface area contributed by atoms with Crippen molar-refractivity contribution in [1.82, 2.24) is 20.1 Å². The number of para-hydroxylation sites is 1. The maximum absolute atomic E-state index is 13.9. The predicted molar refractivity (Wildman–Crippen MR) is 168 cm³/mol. The largest absolute Gasteiger partial charge is 0.490 e. The molecule has 3 N–H and O–H groups in total. The molecule has 0 radical (unpaired) electrons. The van der Waals surface area contributed by atoms with Gasteiger partial charge in [-0.05, 0) is 67.7 Å². The molecular formula is C33H37ClFN5O3. The zero-order valence-corrected chi connectivity index (χ0v) is 25.3. The van der Waals surface area contributed by atoms with E-state index < -0.39 is 6.04 Å². The van der Waals surface area contributed by atoms with E-state index in [1.54, 1.807) is 23.1 Å². The van der Waals surface area contributed by atoms with Gasteiger partial charge in [-0.3, -0.25) is 4.79 Å². The van der Waals surface area contributed by atoms with Crippen molar-refractivity contribution in [2.75, 3.05) is 32.5 Å². The lowest BCUT2D eigenvalue weighted by atomic mass is 9.92. The maximum atomic E-state index is 13.9. The van der Waals surface area contributed by atoms with Crippen LogP contribution in [0.2, 0.25) is 5.02 Å². The predicted octanol–water partition coefficient (Wildman–Crippen LogP) is 6.39. The molecule has 226 valence electrons. The van der Waals surface area contributed by atoms with Gasteiger partial charge in [0.15, 0.2) is 0 Å². The Balaban J connectivity index is 1.32. The zero-order chi connectivity index (χ0) is 30.5. The van der Waals surface area contributed by atoms with Gasteiger partial charge in [-0.25, -0.2) is 9.18 Å². The molecule has 0 unspecified atom stereocenters. The Labute approximate surface area is 256 Å². The number of carbonyl (C=O) groups is 2. The van der Waals surface area contributed by atoms with Crippen LogP contribution in [0.1, 0.15) is 36.8 Å². The molecule has 3 aromatic carbocycles. The van der Waals surface area contributed by atoms with Crippen LogP contribution in [0.15, 0.2) is 72.9 Å². The van der Waals surface area contributed by atoms with Crippen molar-refractivity contribution < 1.29 is 18.7 Å². The number of carbonyl (C=O) groups excluding carboxylic acids is 2. The molecule has 3 amide bonds. The number of anilines is 1. The number of hydrogen-bond donors (Lipinski definition) is 3. The van der Waals surface area contributed by atoms with Crippen LogP contribution in [0.5, 0.6) is 5.75 Å². The van der Waals surface area contributed by atoms with Gasteiger partial charge in [0, 0.05) is 55.5 Å². The van der Waals surface area contributed by atoms with Gasteiger partial charge in [-0.1, -0.05) is 42.8 Å². The van der Waals surface area contributed by atoms with Crippen LogP contribution >= 0.6 is 11.6 Å². The van der Waals surface area contributed by atoms with Gasteiger partial charge in [0.25, 0.3) is 0 Å². The van der Waals surface area contributed by atoms with Crippen molar-refractivity contribution in [1.29, 1.82) is 0 Å². The first kappa shape index (κ1) is 30.4. The third-order valence-corrected chi connectivity index (χ3v) is 8.14. The molecule has 0 spiro atoms. The number of benzene rings is 3. The second-order valence-electron chi connectivity index (χ2n) is 11.3. The second kappa shape index (κ2) is 13.5. The van der Waals surface area contributed by atoms with Crippen molar-refractivity contribution in [2.24, 2.45) is 0 Å². The summed E-state index contributed by atoms with van der Waals surface area (Å²) >= 11 is 6.49. The zero-order valence-electron chi connectivity index (χ0n) is 24.6. The van der Waals surface area contributed by atoms with E-state index in [0.717, 1.165) is 22.0 Å². The number of aromatic amines is 1. The number of nitrogens with zero attached hydrogens (tertiary/aromatic N) is 2. The number of fused-ring (bicyclic) bond motifs is 1. The number of halogens is 2. The Morgan fingerprint density at radius 2 is 1.81 bits per heavy atom. The highest BCUT2D eigenvalue weighted by molar-refractivity contribution is 6.33. The van der Waals surface area contributed by atoms with Crippen molar-refractivity contribution in [3.05, 3.63) is 94.9 Å². The van der Waals surface area contributed by atoms with Gasteiger partial charge in [-0.2, -0.15) is 0 Å². The molecule has 10 heteroatoms. The Hall–Kier alpha value is -4.08. The molecular weight excluding hydrogens is 569 g/mol. The fourth-order valence-corrected chi connectivity index (χ4v) is 5.68. The first-order chi connectivity index (χ1) is 20.7. The number of likely N-dealkylation sites (tertiary alicyclic amines) is 1. The lowest BCUT2D eigenvalue weighted by Gasteiger charge is -2.34. The summed E-state index contributed by atoms with van der Waals surface area (Å²) in [6.45, 7) is 3.55. The minimum Gasteiger partial charge on any atom is -0.490 e. The molecule has 1 saturated heterocycles. The minimum atomic E-state index is -0.881. The summed E-state index contributed by atoms with van der Waals surface area (Å²) in [6.07, 6.45) is 3.04. The highest BCUT2D eigenvalue weighted by Crippen LogP contribution is 2.30. The monoisotopic (exact) mass is 605 g/mol. The van der Waals surface area contributed by atoms with Gasteiger partial charge >= 0.3 is 6.03 Å². The molecule has 2 atom stereocenters. The van der Waals surface area contributed by atoms with Crippen LogP contribution < -0.4 is 15.4 Å². The van der Waals surface area contributed by atoms with E-state index in [2.05, 4.69) is 15.6 Å². The van der Waals surface area contributed by atoms with Crippen LogP contribution in [0.4, 0.5) is 14.9 Å². The van der Waals surface area contributed by atoms with Crippen molar-refractivity contribution in [2.45, 2.75) is 44.4 Å². The summed E-state index contributed by atoms with van der Waals surface area (Å²) in [5.41, 5.74) is 3.38. The lowest BCUT2D eigenvalue weighted by Crippen LogP contribution is -2.53. The summed E-state index contributed by atoms with van der Waals surface area (Å²) < 4.78 is 19.2. The highest BCUT2D eigenvalue weighted by atomic mass is 35.5. The molecule has 1 aliphatic heterocycles. The van der Waals surface area contributed by atoms with Gasteiger partial charge < -0.3 is 30.2 Å². The van der Waals surface area contributed by atoms with Crippen molar-refractivity contribution >= 4 is 40.1 Å². The number of nitrogens with one attached hydrogen (secondary N) is 3. The van der Waals surface area contributed by atoms with Gasteiger partial charge in [-0.15, -0.1) is 0 Å². The SMILES string of the molecule is C[C@H](c1c[nH]c2ccccc12)[C@@H](NC(=O)N1CCC(Oc2ccc(F)cc2)CC1)C(=O)Nc1cc(CN(C)C)ccc1Cl. The van der Waals surface area contributed by atoms with E-state index in [4.69, 9.17) is 16.3 Å². The summed E-state index contributed by atoms with van der Waals surface area (Å²) in [6, 6.07) is 18.2. The highest BCUT2D eigenvalue weighted by Gasteiger charge is 2.33. The molecule has 0 bridgehead atoms. The maximum Gasteiger partial charge on any atom is 0.318 e. The van der Waals surface area contributed by atoms with Crippen LogP contribution in [0.3, 0.4) is 0 Å². The molecule has 0 saturated carbocycles. The molecule has 1 fully saturated rings. The summed E-state index contributed by atoms with van der Waals surface area (Å²) in [4.78, 5) is 34.5. The smallest absolute Gasteiger partial charge is 0.318 e. The van der Waals surface area contributed by atoms with Crippen molar-refractivity contribution in [3.63, 3.8) is 0 Å². The van der Waals surface area contributed by atoms with Crippen molar-refractivity contribution in [3.8, 4) is 5.75 Å². The van der Waals surface area contributed by atoms with E-state index in [-0.39, 0.29) is 29.8 Å². The Morgan fingerprint density at radius 1 is 1.09 bits per heavy atom. The fraction of sp³-hybridized carbons (Fsp3) is 0.333. The average Bonchev–Trinajstić information content (AvgIpc) is 3.43. The number of hydrogen-bond acceptors (Lipinski definition) is 4. The third kappa shape index (κ3) is 7.47. The minimum absolute atomic E-state index is 0.0877. The summed E-state index contributed by atoms with van der Waals surface area (Å²) in [5, 5.41) is 7.42. The fourth-order valence-electron chi connectivity index (χ4n) is 5.52. The van der Waals surface area contributed by atoms with Crippen LogP contribution in [0, 0.1) is 5.82 Å². The second-order valence-corrected chi connectivity index (χ2v) is 11.7. The van der Waals surface area contributed by atoms with Crippen LogP contribution in [0.25, 0.3) is 10.9 Å². The molecule has 43 heavy (non-hydrogen) atoms. The number of urea groups is 1. The first-order valence-corrected chi connectivity index (χ1v) is 14.8. The van der Waals surface area contributed by atoms with Crippen LogP contribution in [-0.2, 0) is 11.3 Å². The number of ether oxygens (including phenoxy) is 1. The molecule has 2 heterocycles. The lowest BCUT2D eigenvalue weighted by molar-refractivity contribution is -0.118. The number of amides is 3. The van der Waals surface area contributed by atoms with Crippen LogP contribution in [-0.4, -0.2) is 66.1 Å². The normalized spacial score (nSPS) is 15.3. The number of H-pyrrole nitrogens is 1. The number of piperidine rings is 1. The Morgan fingerprint density at radius 3 is 2.53 bits per heavy atom. The van der Waals surface area contributed by atoms with E-state index in [0.29, 0.717) is 48.9 Å². The average molecular weight is 606 g/mol. The van der Waals surface area contributed by atoms with E-state index in [1.165, 1.54) is 12.1 Å². The topological polar surface area (TPSA) is 89.7 Å². The van der Waals surface area contributed by atoms with E-state index in [1.807, 2.05) is 68.5 Å².